The van der Waals surface area contributed by atoms with Crippen molar-refractivity contribution in [1.29, 1.82) is 0 Å². The third-order valence-electron chi connectivity index (χ3n) is 4.79. The van der Waals surface area contributed by atoms with E-state index in [1.165, 1.54) is 13.2 Å². The van der Waals surface area contributed by atoms with Crippen molar-refractivity contribution in [3.05, 3.63) is 107 Å². The molecule has 0 heterocycles. The molecule has 3 aromatic rings. The van der Waals surface area contributed by atoms with E-state index in [0.29, 0.717) is 0 Å². The average Bonchev–Trinajstić information content (AvgIpc) is 2.79. The Morgan fingerprint density at radius 2 is 1.33 bits per heavy atom. The first-order chi connectivity index (χ1) is 14.5. The van der Waals surface area contributed by atoms with E-state index in [-0.39, 0.29) is 11.1 Å². The Hall–Kier alpha value is -3.93. The summed E-state index contributed by atoms with van der Waals surface area (Å²) in [4.78, 5) is 37.1. The highest BCUT2D eigenvalue weighted by atomic mass is 16.5. The van der Waals surface area contributed by atoms with E-state index in [4.69, 9.17) is 10.5 Å². The van der Waals surface area contributed by atoms with Crippen LogP contribution in [0, 0.1) is 0 Å². The van der Waals surface area contributed by atoms with Crippen LogP contribution in [0.5, 0.6) is 0 Å². The highest BCUT2D eigenvalue weighted by molar-refractivity contribution is 6.00. The number of carbonyl (C=O) groups excluding carboxylic acids is 3. The standard InChI is InChI=1S/C24H22N2O4/c1-30-24(29)19-14-8-13-18(15-19)23(28)26-21(22(25)27)20(16-9-4-2-5-10-16)17-11-6-3-7-12-17/h2-15,20-21H,1H3,(H2,25,27)(H,26,28)/t21-/m1/s1. The monoisotopic (exact) mass is 402 g/mol. The van der Waals surface area contributed by atoms with Crippen LogP contribution in [0.1, 0.15) is 37.8 Å². The summed E-state index contributed by atoms with van der Waals surface area (Å²) in [5.74, 6) is -2.20. The number of rotatable bonds is 7. The van der Waals surface area contributed by atoms with Crippen molar-refractivity contribution in [2.45, 2.75) is 12.0 Å². The highest BCUT2D eigenvalue weighted by Gasteiger charge is 2.31. The molecule has 3 N–H and O–H groups in total. The topological polar surface area (TPSA) is 98.5 Å². The molecular formula is C24H22N2O4. The van der Waals surface area contributed by atoms with E-state index in [1.807, 2.05) is 60.7 Å². The highest BCUT2D eigenvalue weighted by Crippen LogP contribution is 2.28. The van der Waals surface area contributed by atoms with Gasteiger partial charge in [-0.2, -0.15) is 0 Å². The summed E-state index contributed by atoms with van der Waals surface area (Å²) in [7, 11) is 1.27. The van der Waals surface area contributed by atoms with Crippen LogP contribution in [0.2, 0.25) is 0 Å². The SMILES string of the molecule is COC(=O)c1cccc(C(=O)N[C@@H](C(N)=O)C(c2ccccc2)c2ccccc2)c1. The number of amides is 2. The van der Waals surface area contributed by atoms with E-state index >= 15 is 0 Å². The lowest BCUT2D eigenvalue weighted by atomic mass is 9.84. The summed E-state index contributed by atoms with van der Waals surface area (Å²) in [6, 6.07) is 23.9. The summed E-state index contributed by atoms with van der Waals surface area (Å²) in [6.45, 7) is 0. The molecule has 0 radical (unpaired) electrons. The number of benzene rings is 3. The van der Waals surface area contributed by atoms with Crippen molar-refractivity contribution in [3.63, 3.8) is 0 Å². The van der Waals surface area contributed by atoms with Gasteiger partial charge in [0.05, 0.1) is 12.7 Å². The summed E-state index contributed by atoms with van der Waals surface area (Å²) in [5.41, 5.74) is 7.86. The fraction of sp³-hybridized carbons (Fsp3) is 0.125. The molecule has 0 aliphatic rings. The van der Waals surface area contributed by atoms with Crippen molar-refractivity contribution >= 4 is 17.8 Å². The summed E-state index contributed by atoms with van der Waals surface area (Å²) in [6.07, 6.45) is 0. The number of esters is 1. The molecule has 3 aromatic carbocycles. The molecule has 3 rings (SSSR count). The second-order valence-electron chi connectivity index (χ2n) is 6.72. The molecule has 0 bridgehead atoms. The zero-order valence-electron chi connectivity index (χ0n) is 16.4. The zero-order valence-corrected chi connectivity index (χ0v) is 16.4. The van der Waals surface area contributed by atoms with Gasteiger partial charge < -0.3 is 15.8 Å². The Morgan fingerprint density at radius 1 is 0.800 bits per heavy atom. The minimum absolute atomic E-state index is 0.226. The van der Waals surface area contributed by atoms with Gasteiger partial charge in [-0.15, -0.1) is 0 Å². The van der Waals surface area contributed by atoms with Crippen LogP contribution in [0.15, 0.2) is 84.9 Å². The first-order valence-corrected chi connectivity index (χ1v) is 9.39. The summed E-state index contributed by atoms with van der Waals surface area (Å²) in [5, 5.41) is 2.75. The number of carbonyl (C=O) groups is 3. The molecular weight excluding hydrogens is 380 g/mol. The molecule has 6 heteroatoms. The van der Waals surface area contributed by atoms with Crippen LogP contribution in [-0.4, -0.2) is 30.9 Å². The van der Waals surface area contributed by atoms with Gasteiger partial charge in [0.1, 0.15) is 6.04 Å². The van der Waals surface area contributed by atoms with Gasteiger partial charge in [-0.25, -0.2) is 4.79 Å². The van der Waals surface area contributed by atoms with Gasteiger partial charge in [0.2, 0.25) is 5.91 Å². The van der Waals surface area contributed by atoms with Gasteiger partial charge in [-0.05, 0) is 29.3 Å². The van der Waals surface area contributed by atoms with Crippen molar-refractivity contribution in [3.8, 4) is 0 Å². The Balaban J connectivity index is 1.96. The first kappa shape index (κ1) is 20.8. The Kier molecular flexibility index (Phi) is 6.60. The molecule has 0 saturated heterocycles. The molecule has 0 aliphatic carbocycles. The molecule has 0 saturated carbocycles. The Bertz CT molecular complexity index is 996. The van der Waals surface area contributed by atoms with Crippen molar-refractivity contribution in [2.75, 3.05) is 7.11 Å². The minimum atomic E-state index is -0.996. The van der Waals surface area contributed by atoms with E-state index < -0.39 is 29.7 Å². The maximum Gasteiger partial charge on any atom is 0.337 e. The lowest BCUT2D eigenvalue weighted by molar-refractivity contribution is -0.120. The predicted molar refractivity (Wildman–Crippen MR) is 113 cm³/mol. The first-order valence-electron chi connectivity index (χ1n) is 9.39. The van der Waals surface area contributed by atoms with Gasteiger partial charge in [0.25, 0.3) is 5.91 Å². The maximum atomic E-state index is 12.9. The van der Waals surface area contributed by atoms with Crippen molar-refractivity contribution in [2.24, 2.45) is 5.73 Å². The summed E-state index contributed by atoms with van der Waals surface area (Å²) < 4.78 is 4.70. The zero-order chi connectivity index (χ0) is 21.5. The molecule has 0 unspecified atom stereocenters. The number of primary amides is 1. The van der Waals surface area contributed by atoms with Crippen LogP contribution in [0.25, 0.3) is 0 Å². The van der Waals surface area contributed by atoms with E-state index in [2.05, 4.69) is 5.32 Å². The Labute approximate surface area is 174 Å². The van der Waals surface area contributed by atoms with Crippen molar-refractivity contribution in [1.82, 2.24) is 5.32 Å². The van der Waals surface area contributed by atoms with Crippen molar-refractivity contribution < 1.29 is 19.1 Å². The van der Waals surface area contributed by atoms with E-state index in [0.717, 1.165) is 11.1 Å². The average molecular weight is 402 g/mol. The fourth-order valence-corrected chi connectivity index (χ4v) is 3.35. The number of ether oxygens (including phenoxy) is 1. The van der Waals surface area contributed by atoms with Gasteiger partial charge in [-0.1, -0.05) is 66.7 Å². The maximum absolute atomic E-state index is 12.9. The summed E-state index contributed by atoms with van der Waals surface area (Å²) >= 11 is 0. The quantitative estimate of drug-likeness (QED) is 0.594. The van der Waals surface area contributed by atoms with Gasteiger partial charge in [-0.3, -0.25) is 9.59 Å². The lowest BCUT2D eigenvalue weighted by Crippen LogP contribution is -2.48. The molecule has 1 atom stereocenters. The van der Waals surface area contributed by atoms with Gasteiger partial charge in [0.15, 0.2) is 0 Å². The molecule has 0 aliphatic heterocycles. The predicted octanol–water partition coefficient (Wildman–Crippen LogP) is 2.89. The second kappa shape index (κ2) is 9.52. The van der Waals surface area contributed by atoms with Crippen LogP contribution in [0.3, 0.4) is 0 Å². The molecule has 6 nitrogen and oxygen atoms in total. The van der Waals surface area contributed by atoms with Gasteiger partial charge >= 0.3 is 5.97 Å². The minimum Gasteiger partial charge on any atom is -0.465 e. The second-order valence-corrected chi connectivity index (χ2v) is 6.72. The van der Waals surface area contributed by atoms with Crippen LogP contribution in [0.4, 0.5) is 0 Å². The molecule has 152 valence electrons. The Morgan fingerprint density at radius 3 is 1.83 bits per heavy atom. The van der Waals surface area contributed by atoms with Crippen LogP contribution < -0.4 is 11.1 Å². The normalized spacial score (nSPS) is 11.5. The molecule has 30 heavy (non-hydrogen) atoms. The lowest BCUT2D eigenvalue weighted by Gasteiger charge is -2.27. The fourth-order valence-electron chi connectivity index (χ4n) is 3.35. The third kappa shape index (κ3) is 4.72. The smallest absolute Gasteiger partial charge is 0.337 e. The molecule has 0 fully saturated rings. The molecule has 0 aromatic heterocycles. The van der Waals surface area contributed by atoms with Crippen LogP contribution >= 0.6 is 0 Å². The molecule has 2 amide bonds. The van der Waals surface area contributed by atoms with Crippen LogP contribution in [-0.2, 0) is 9.53 Å². The number of hydrogen-bond donors (Lipinski definition) is 2. The number of hydrogen-bond acceptors (Lipinski definition) is 4. The third-order valence-corrected chi connectivity index (χ3v) is 4.79. The number of methoxy groups -OCH3 is 1. The number of nitrogens with one attached hydrogen (secondary N) is 1. The molecule has 0 spiro atoms. The van der Waals surface area contributed by atoms with Gasteiger partial charge in [0, 0.05) is 11.5 Å². The largest absolute Gasteiger partial charge is 0.465 e. The number of nitrogens with two attached hydrogens (primary N) is 1. The van der Waals surface area contributed by atoms with E-state index in [9.17, 15) is 14.4 Å². The van der Waals surface area contributed by atoms with E-state index in [1.54, 1.807) is 18.2 Å².